The highest BCUT2D eigenvalue weighted by Gasteiger charge is 2.20. The fourth-order valence-electron chi connectivity index (χ4n) is 2.87. The van der Waals surface area contributed by atoms with Gasteiger partial charge in [-0.05, 0) is 36.6 Å². The maximum atomic E-state index is 12.7. The van der Waals surface area contributed by atoms with Crippen molar-refractivity contribution in [3.05, 3.63) is 60.0 Å². The van der Waals surface area contributed by atoms with E-state index in [0.717, 1.165) is 35.0 Å². The Hall–Kier alpha value is -2.54. The number of rotatable bonds is 8. The quantitative estimate of drug-likeness (QED) is 0.660. The van der Waals surface area contributed by atoms with E-state index in [2.05, 4.69) is 21.8 Å². The van der Waals surface area contributed by atoms with Crippen molar-refractivity contribution in [1.82, 2.24) is 19.9 Å². The van der Waals surface area contributed by atoms with Gasteiger partial charge in [-0.3, -0.25) is 9.20 Å². The molecular weight excluding hydrogens is 348 g/mol. The third-order valence-corrected chi connectivity index (χ3v) is 4.79. The lowest BCUT2D eigenvalue weighted by Crippen LogP contribution is -2.31. The number of thioether (sulfide) groups is 1. The molecule has 26 heavy (non-hydrogen) atoms. The molecule has 0 saturated carbocycles. The second-order valence-corrected chi connectivity index (χ2v) is 6.86. The Morgan fingerprint density at radius 2 is 2.04 bits per heavy atom. The van der Waals surface area contributed by atoms with Gasteiger partial charge in [-0.25, -0.2) is 0 Å². The molecule has 2 aromatic heterocycles. The van der Waals surface area contributed by atoms with Crippen molar-refractivity contribution in [3.8, 4) is 5.75 Å². The summed E-state index contributed by atoms with van der Waals surface area (Å²) in [5, 5.41) is 11.6. The number of fused-ring (bicyclic) bond motifs is 1. The number of nitrogens with zero attached hydrogens (tertiary/aromatic N) is 3. The molecule has 0 bridgehead atoms. The maximum absolute atomic E-state index is 12.7. The van der Waals surface area contributed by atoms with E-state index in [4.69, 9.17) is 4.74 Å². The zero-order valence-corrected chi connectivity index (χ0v) is 15.7. The Morgan fingerprint density at radius 3 is 2.85 bits per heavy atom. The normalized spacial score (nSPS) is 12.1. The predicted molar refractivity (Wildman–Crippen MR) is 104 cm³/mol. The minimum absolute atomic E-state index is 0.0618. The van der Waals surface area contributed by atoms with Gasteiger partial charge in [-0.15, -0.1) is 10.2 Å². The molecule has 1 atom stereocenters. The van der Waals surface area contributed by atoms with Crippen molar-refractivity contribution in [3.63, 3.8) is 0 Å². The standard InChI is InChI=1S/C19H22N4O2S/c1-25-16-8-4-3-7-14(16)13-18(24)20-15(10-12-26-2)19-22-21-17-9-5-6-11-23(17)19/h3-9,11,15H,10,12-13H2,1-2H3,(H,20,24). The molecule has 0 saturated heterocycles. The van der Waals surface area contributed by atoms with E-state index in [-0.39, 0.29) is 18.4 Å². The largest absolute Gasteiger partial charge is 0.496 e. The van der Waals surface area contributed by atoms with Crippen molar-refractivity contribution >= 4 is 23.3 Å². The number of benzene rings is 1. The Balaban J connectivity index is 1.79. The molecule has 0 aliphatic heterocycles. The first-order valence-corrected chi connectivity index (χ1v) is 9.82. The lowest BCUT2D eigenvalue weighted by Gasteiger charge is -2.17. The van der Waals surface area contributed by atoms with E-state index in [0.29, 0.717) is 0 Å². The van der Waals surface area contributed by atoms with Gasteiger partial charge in [0.1, 0.15) is 5.75 Å². The first kappa shape index (κ1) is 18.3. The van der Waals surface area contributed by atoms with Crippen LogP contribution in [0.2, 0.25) is 0 Å². The fraction of sp³-hybridized carbons (Fsp3) is 0.316. The molecule has 0 radical (unpaired) electrons. The lowest BCUT2D eigenvalue weighted by molar-refractivity contribution is -0.121. The number of para-hydroxylation sites is 1. The molecule has 1 unspecified atom stereocenters. The van der Waals surface area contributed by atoms with Crippen LogP contribution in [0.15, 0.2) is 48.7 Å². The van der Waals surface area contributed by atoms with Crippen LogP contribution in [0.1, 0.15) is 23.9 Å². The molecule has 3 rings (SSSR count). The third kappa shape index (κ3) is 4.16. The highest BCUT2D eigenvalue weighted by molar-refractivity contribution is 7.98. The van der Waals surface area contributed by atoms with Gasteiger partial charge in [0.2, 0.25) is 5.91 Å². The van der Waals surface area contributed by atoms with Crippen molar-refractivity contribution < 1.29 is 9.53 Å². The zero-order valence-electron chi connectivity index (χ0n) is 14.9. The molecule has 0 aliphatic carbocycles. The molecule has 3 aromatic rings. The second-order valence-electron chi connectivity index (χ2n) is 5.88. The molecule has 2 heterocycles. The van der Waals surface area contributed by atoms with Crippen LogP contribution in [0.4, 0.5) is 0 Å². The summed E-state index contributed by atoms with van der Waals surface area (Å²) in [5.74, 6) is 2.33. The van der Waals surface area contributed by atoms with Crippen molar-refractivity contribution in [2.75, 3.05) is 19.1 Å². The summed E-state index contributed by atoms with van der Waals surface area (Å²) < 4.78 is 7.26. The van der Waals surface area contributed by atoms with Gasteiger partial charge in [0.05, 0.1) is 19.6 Å². The van der Waals surface area contributed by atoms with Crippen molar-refractivity contribution in [2.45, 2.75) is 18.9 Å². The molecule has 1 aromatic carbocycles. The van der Waals surface area contributed by atoms with Crippen LogP contribution in [0.5, 0.6) is 5.75 Å². The zero-order chi connectivity index (χ0) is 18.4. The summed E-state index contributed by atoms with van der Waals surface area (Å²) in [6.45, 7) is 0. The number of pyridine rings is 1. The summed E-state index contributed by atoms with van der Waals surface area (Å²) in [4.78, 5) is 12.7. The van der Waals surface area contributed by atoms with Crippen LogP contribution in [-0.2, 0) is 11.2 Å². The van der Waals surface area contributed by atoms with E-state index < -0.39 is 0 Å². The van der Waals surface area contributed by atoms with Gasteiger partial charge in [0, 0.05) is 11.8 Å². The van der Waals surface area contributed by atoms with Crippen LogP contribution in [0.25, 0.3) is 5.65 Å². The number of aromatic nitrogens is 3. The fourth-order valence-corrected chi connectivity index (χ4v) is 3.34. The van der Waals surface area contributed by atoms with Crippen LogP contribution in [0, 0.1) is 0 Å². The molecule has 6 nitrogen and oxygen atoms in total. The van der Waals surface area contributed by atoms with Gasteiger partial charge >= 0.3 is 0 Å². The molecule has 7 heteroatoms. The van der Waals surface area contributed by atoms with E-state index >= 15 is 0 Å². The van der Waals surface area contributed by atoms with Crippen LogP contribution >= 0.6 is 11.8 Å². The predicted octanol–water partition coefficient (Wildman–Crippen LogP) is 2.89. The summed E-state index contributed by atoms with van der Waals surface area (Å²) in [7, 11) is 1.61. The number of carbonyl (C=O) groups excluding carboxylic acids is 1. The molecule has 136 valence electrons. The van der Waals surface area contributed by atoms with Crippen LogP contribution in [0.3, 0.4) is 0 Å². The molecular formula is C19H22N4O2S. The smallest absolute Gasteiger partial charge is 0.225 e. The molecule has 0 spiro atoms. The van der Waals surface area contributed by atoms with Crippen molar-refractivity contribution in [1.29, 1.82) is 0 Å². The summed E-state index contributed by atoms with van der Waals surface area (Å²) >= 11 is 1.74. The lowest BCUT2D eigenvalue weighted by atomic mass is 10.1. The van der Waals surface area contributed by atoms with E-state index in [1.807, 2.05) is 53.1 Å². The molecule has 1 N–H and O–H groups in total. The number of carbonyl (C=O) groups is 1. The summed E-state index contributed by atoms with van der Waals surface area (Å²) in [6.07, 6.45) is 5.02. The van der Waals surface area contributed by atoms with E-state index in [1.54, 1.807) is 18.9 Å². The third-order valence-electron chi connectivity index (χ3n) is 4.14. The number of hydrogen-bond donors (Lipinski definition) is 1. The monoisotopic (exact) mass is 370 g/mol. The highest BCUT2D eigenvalue weighted by Crippen LogP contribution is 2.21. The van der Waals surface area contributed by atoms with Crippen LogP contribution < -0.4 is 10.1 Å². The number of nitrogens with one attached hydrogen (secondary N) is 1. The average Bonchev–Trinajstić information content (AvgIpc) is 3.09. The summed E-state index contributed by atoms with van der Waals surface area (Å²) in [6, 6.07) is 13.1. The minimum atomic E-state index is -0.193. The second kappa shape index (κ2) is 8.71. The number of hydrogen-bond acceptors (Lipinski definition) is 5. The number of methoxy groups -OCH3 is 1. The Labute approximate surface area is 157 Å². The average molecular weight is 370 g/mol. The topological polar surface area (TPSA) is 68.5 Å². The van der Waals surface area contributed by atoms with Gasteiger partial charge in [0.15, 0.2) is 11.5 Å². The highest BCUT2D eigenvalue weighted by atomic mass is 32.2. The van der Waals surface area contributed by atoms with Crippen LogP contribution in [-0.4, -0.2) is 39.6 Å². The first-order valence-electron chi connectivity index (χ1n) is 8.42. The Morgan fingerprint density at radius 1 is 1.23 bits per heavy atom. The van der Waals surface area contributed by atoms with E-state index in [9.17, 15) is 4.79 Å². The molecule has 1 amide bonds. The first-order chi connectivity index (χ1) is 12.7. The van der Waals surface area contributed by atoms with Gasteiger partial charge in [-0.2, -0.15) is 11.8 Å². The number of amides is 1. The van der Waals surface area contributed by atoms with Gasteiger partial charge in [-0.1, -0.05) is 24.3 Å². The van der Waals surface area contributed by atoms with Crippen molar-refractivity contribution in [2.24, 2.45) is 0 Å². The minimum Gasteiger partial charge on any atom is -0.496 e. The molecule has 0 fully saturated rings. The Kier molecular flexibility index (Phi) is 6.12. The van der Waals surface area contributed by atoms with Gasteiger partial charge in [0.25, 0.3) is 0 Å². The SMILES string of the molecule is COc1ccccc1CC(=O)NC(CCSC)c1nnc2ccccn12. The molecule has 0 aliphatic rings. The number of ether oxygens (including phenoxy) is 1. The maximum Gasteiger partial charge on any atom is 0.225 e. The Bertz CT molecular complexity index is 881. The summed E-state index contributed by atoms with van der Waals surface area (Å²) in [5.41, 5.74) is 1.64. The van der Waals surface area contributed by atoms with Gasteiger partial charge < -0.3 is 10.1 Å². The van der Waals surface area contributed by atoms with E-state index in [1.165, 1.54) is 0 Å².